The van der Waals surface area contributed by atoms with E-state index in [4.69, 9.17) is 0 Å². The van der Waals surface area contributed by atoms with E-state index in [-0.39, 0.29) is 10.9 Å². The minimum Gasteiger partial charge on any atom is -0.310 e. The van der Waals surface area contributed by atoms with Gasteiger partial charge in [-0.1, -0.05) is 33.3 Å². The van der Waals surface area contributed by atoms with Gasteiger partial charge in [-0.2, -0.15) is 0 Å². The van der Waals surface area contributed by atoms with Crippen molar-refractivity contribution < 1.29 is 12.8 Å². The molecule has 0 aliphatic heterocycles. The molecule has 1 N–H and O–H groups in total. The van der Waals surface area contributed by atoms with Crippen LogP contribution in [0.5, 0.6) is 0 Å². The van der Waals surface area contributed by atoms with Crippen LogP contribution in [0.3, 0.4) is 0 Å². The second kappa shape index (κ2) is 7.87. The number of hydrogen-bond acceptors (Lipinski definition) is 3. The van der Waals surface area contributed by atoms with E-state index in [1.165, 1.54) is 23.5 Å². The molecule has 0 saturated carbocycles. The zero-order valence-corrected chi connectivity index (χ0v) is 14.0. The number of unbranched alkanes of at least 4 members (excludes halogenated alkanes) is 1. The van der Waals surface area contributed by atoms with E-state index in [1.54, 1.807) is 6.07 Å². The van der Waals surface area contributed by atoms with Crippen molar-refractivity contribution in [2.75, 3.05) is 13.6 Å². The fourth-order valence-electron chi connectivity index (χ4n) is 1.85. The van der Waals surface area contributed by atoms with E-state index < -0.39 is 15.8 Å². The highest BCUT2D eigenvalue weighted by Gasteiger charge is 2.24. The Morgan fingerprint density at radius 1 is 1.33 bits per heavy atom. The summed E-state index contributed by atoms with van der Waals surface area (Å²) in [5.74, 6) is -0.693. The number of halogens is 1. The molecule has 0 spiro atoms. The Bertz CT molecular complexity index is 559. The summed E-state index contributed by atoms with van der Waals surface area (Å²) in [6.07, 6.45) is 1.65. The molecule has 0 bridgehead atoms. The minimum absolute atomic E-state index is 0.255. The number of sulfonamides is 1. The maximum absolute atomic E-state index is 14.1. The van der Waals surface area contributed by atoms with Gasteiger partial charge in [0, 0.05) is 26.2 Å². The summed E-state index contributed by atoms with van der Waals surface area (Å²) in [6, 6.07) is 4.58. The second-order valence-electron chi connectivity index (χ2n) is 5.48. The maximum atomic E-state index is 14.1. The molecular formula is C15H25FN2O2S. The molecule has 0 amide bonds. The minimum atomic E-state index is -3.75. The average molecular weight is 316 g/mol. The lowest BCUT2D eigenvalue weighted by Gasteiger charge is -2.17. The lowest BCUT2D eigenvalue weighted by molar-refractivity contribution is 0.453. The lowest BCUT2D eigenvalue weighted by Crippen LogP contribution is -2.28. The van der Waals surface area contributed by atoms with Crippen molar-refractivity contribution in [2.45, 2.75) is 51.1 Å². The second-order valence-corrected chi connectivity index (χ2v) is 7.49. The first kappa shape index (κ1) is 18.1. The maximum Gasteiger partial charge on any atom is 0.245 e. The van der Waals surface area contributed by atoms with Crippen LogP contribution in [-0.2, 0) is 16.6 Å². The Morgan fingerprint density at radius 3 is 2.52 bits per heavy atom. The number of rotatable bonds is 8. The zero-order valence-electron chi connectivity index (χ0n) is 13.2. The highest BCUT2D eigenvalue weighted by atomic mass is 32.2. The van der Waals surface area contributed by atoms with Crippen molar-refractivity contribution in [1.29, 1.82) is 0 Å². The van der Waals surface area contributed by atoms with Crippen LogP contribution in [0.2, 0.25) is 0 Å². The van der Waals surface area contributed by atoms with Gasteiger partial charge in [-0.25, -0.2) is 17.1 Å². The van der Waals surface area contributed by atoms with Gasteiger partial charge >= 0.3 is 0 Å². The average Bonchev–Trinajstić information content (AvgIpc) is 2.42. The molecule has 120 valence electrons. The van der Waals surface area contributed by atoms with Crippen molar-refractivity contribution in [1.82, 2.24) is 9.62 Å². The van der Waals surface area contributed by atoms with Crippen LogP contribution in [0.15, 0.2) is 23.1 Å². The molecule has 0 fully saturated rings. The smallest absolute Gasteiger partial charge is 0.245 e. The molecule has 0 aliphatic rings. The molecule has 1 rings (SSSR count). The number of nitrogens with zero attached hydrogens (tertiary/aromatic N) is 1. The van der Waals surface area contributed by atoms with Crippen LogP contribution < -0.4 is 5.32 Å². The van der Waals surface area contributed by atoms with Crippen LogP contribution in [0, 0.1) is 5.82 Å². The van der Waals surface area contributed by atoms with Gasteiger partial charge in [0.2, 0.25) is 10.0 Å². The Labute approximate surface area is 127 Å². The van der Waals surface area contributed by atoms with E-state index >= 15 is 0 Å². The fourth-order valence-corrected chi connectivity index (χ4v) is 3.10. The van der Waals surface area contributed by atoms with Gasteiger partial charge in [-0.05, 0) is 24.1 Å². The molecule has 0 radical (unpaired) electrons. The van der Waals surface area contributed by atoms with Crippen molar-refractivity contribution >= 4 is 10.0 Å². The van der Waals surface area contributed by atoms with Crippen LogP contribution >= 0.6 is 0 Å². The van der Waals surface area contributed by atoms with E-state index in [9.17, 15) is 12.8 Å². The predicted molar refractivity (Wildman–Crippen MR) is 83.1 cm³/mol. The van der Waals surface area contributed by atoms with Gasteiger partial charge < -0.3 is 5.32 Å². The Hall–Kier alpha value is -0.980. The summed E-state index contributed by atoms with van der Waals surface area (Å²) >= 11 is 0. The fraction of sp³-hybridized carbons (Fsp3) is 0.600. The van der Waals surface area contributed by atoms with Gasteiger partial charge in [0.25, 0.3) is 0 Å². The van der Waals surface area contributed by atoms with E-state index in [0.29, 0.717) is 13.1 Å². The van der Waals surface area contributed by atoms with Crippen molar-refractivity contribution in [3.8, 4) is 0 Å². The van der Waals surface area contributed by atoms with Gasteiger partial charge in [0.05, 0.1) is 0 Å². The predicted octanol–water partition coefficient (Wildman–Crippen LogP) is 2.74. The SMILES string of the molecule is CCCCN(C)S(=O)(=O)c1ccc(CNC(C)C)cc1F. The lowest BCUT2D eigenvalue weighted by atomic mass is 10.2. The number of nitrogens with one attached hydrogen (secondary N) is 1. The zero-order chi connectivity index (χ0) is 16.0. The molecule has 21 heavy (non-hydrogen) atoms. The Morgan fingerprint density at radius 2 is 2.00 bits per heavy atom. The van der Waals surface area contributed by atoms with Crippen molar-refractivity contribution in [3.05, 3.63) is 29.6 Å². The summed E-state index contributed by atoms with van der Waals surface area (Å²) < 4.78 is 39.9. The first-order valence-electron chi connectivity index (χ1n) is 7.27. The molecule has 0 heterocycles. The van der Waals surface area contributed by atoms with Crippen LogP contribution in [0.4, 0.5) is 4.39 Å². The summed E-state index contributed by atoms with van der Waals surface area (Å²) in [5.41, 5.74) is 0.733. The van der Waals surface area contributed by atoms with Gasteiger partial charge in [0.15, 0.2) is 0 Å². The summed E-state index contributed by atoms with van der Waals surface area (Å²) in [7, 11) is -2.27. The van der Waals surface area contributed by atoms with Crippen LogP contribution in [0.25, 0.3) is 0 Å². The number of hydrogen-bond donors (Lipinski definition) is 1. The molecule has 0 atom stereocenters. The molecule has 0 aromatic heterocycles. The Balaban J connectivity index is 2.93. The monoisotopic (exact) mass is 316 g/mol. The van der Waals surface area contributed by atoms with Crippen molar-refractivity contribution in [2.24, 2.45) is 0 Å². The molecule has 0 unspecified atom stereocenters. The van der Waals surface area contributed by atoms with Gasteiger partial charge in [-0.3, -0.25) is 0 Å². The molecule has 4 nitrogen and oxygen atoms in total. The highest BCUT2D eigenvalue weighted by molar-refractivity contribution is 7.89. The molecule has 0 saturated heterocycles. The summed E-state index contributed by atoms with van der Waals surface area (Å²) in [4.78, 5) is -0.255. The first-order chi connectivity index (χ1) is 9.78. The van der Waals surface area contributed by atoms with Crippen LogP contribution in [-0.4, -0.2) is 32.4 Å². The molecule has 6 heteroatoms. The first-order valence-corrected chi connectivity index (χ1v) is 8.71. The molecule has 1 aromatic carbocycles. The Kier molecular flexibility index (Phi) is 6.77. The van der Waals surface area contributed by atoms with E-state index in [2.05, 4.69) is 5.32 Å². The topological polar surface area (TPSA) is 49.4 Å². The summed E-state index contributed by atoms with van der Waals surface area (Å²) in [5, 5.41) is 3.17. The van der Waals surface area contributed by atoms with Crippen molar-refractivity contribution in [3.63, 3.8) is 0 Å². The quantitative estimate of drug-likeness (QED) is 0.802. The largest absolute Gasteiger partial charge is 0.310 e. The molecule has 1 aromatic rings. The summed E-state index contributed by atoms with van der Waals surface area (Å²) in [6.45, 7) is 6.89. The van der Waals surface area contributed by atoms with Gasteiger partial charge in [0.1, 0.15) is 10.7 Å². The molecule has 0 aliphatic carbocycles. The number of benzene rings is 1. The van der Waals surface area contributed by atoms with E-state index in [1.807, 2.05) is 20.8 Å². The van der Waals surface area contributed by atoms with Crippen LogP contribution in [0.1, 0.15) is 39.2 Å². The van der Waals surface area contributed by atoms with E-state index in [0.717, 1.165) is 18.4 Å². The third-order valence-corrected chi connectivity index (χ3v) is 5.12. The third kappa shape index (κ3) is 5.05. The highest BCUT2D eigenvalue weighted by Crippen LogP contribution is 2.20. The standard InChI is InChI=1S/C15H25FN2O2S/c1-5-6-9-18(4)21(19,20)15-8-7-13(10-14(15)16)11-17-12(2)3/h7-8,10,12,17H,5-6,9,11H2,1-4H3. The third-order valence-electron chi connectivity index (χ3n) is 3.23. The molecular weight excluding hydrogens is 291 g/mol. The normalized spacial score (nSPS) is 12.3. The van der Waals surface area contributed by atoms with Gasteiger partial charge in [-0.15, -0.1) is 0 Å².